The Balaban J connectivity index is 1.98. The Morgan fingerprint density at radius 1 is 1.30 bits per heavy atom. The molecular formula is C10H8Cl3N5OS. The maximum Gasteiger partial charge on any atom is 0.234 e. The molecule has 20 heavy (non-hydrogen) atoms. The first-order chi connectivity index (χ1) is 9.47. The lowest BCUT2D eigenvalue weighted by atomic mass is 10.3. The number of nitrogens with one attached hydrogen (secondary N) is 1. The number of benzene rings is 1. The van der Waals surface area contributed by atoms with Crippen LogP contribution in [0.3, 0.4) is 0 Å². The summed E-state index contributed by atoms with van der Waals surface area (Å²) < 4.78 is 1.23. The summed E-state index contributed by atoms with van der Waals surface area (Å²) in [7, 11) is 0. The zero-order valence-electron chi connectivity index (χ0n) is 9.81. The molecule has 1 aromatic carbocycles. The van der Waals surface area contributed by atoms with E-state index in [9.17, 15) is 4.79 Å². The molecule has 0 atom stereocenters. The van der Waals surface area contributed by atoms with Crippen molar-refractivity contribution in [1.29, 1.82) is 0 Å². The van der Waals surface area contributed by atoms with Crippen LogP contribution < -0.4 is 11.2 Å². The maximum atomic E-state index is 11.8. The molecule has 1 aromatic heterocycles. The lowest BCUT2D eigenvalue weighted by Gasteiger charge is -2.08. The van der Waals surface area contributed by atoms with Gasteiger partial charge in [0.25, 0.3) is 0 Å². The van der Waals surface area contributed by atoms with Gasteiger partial charge in [0, 0.05) is 0 Å². The van der Waals surface area contributed by atoms with Crippen molar-refractivity contribution in [2.45, 2.75) is 5.16 Å². The quantitative estimate of drug-likeness (QED) is 0.502. The van der Waals surface area contributed by atoms with Crippen molar-refractivity contribution < 1.29 is 4.79 Å². The summed E-state index contributed by atoms with van der Waals surface area (Å²) >= 11 is 18.8. The van der Waals surface area contributed by atoms with E-state index >= 15 is 0 Å². The van der Waals surface area contributed by atoms with Crippen molar-refractivity contribution in [3.63, 3.8) is 0 Å². The van der Waals surface area contributed by atoms with Crippen molar-refractivity contribution in [2.24, 2.45) is 0 Å². The van der Waals surface area contributed by atoms with Crippen molar-refractivity contribution in [1.82, 2.24) is 14.9 Å². The molecule has 0 aliphatic carbocycles. The highest BCUT2D eigenvalue weighted by atomic mass is 35.5. The second kappa shape index (κ2) is 6.53. The molecule has 0 spiro atoms. The third-order valence-corrected chi connectivity index (χ3v) is 4.15. The summed E-state index contributed by atoms with van der Waals surface area (Å²) in [6.45, 7) is 0. The van der Waals surface area contributed by atoms with Crippen molar-refractivity contribution in [3.8, 4) is 0 Å². The van der Waals surface area contributed by atoms with E-state index in [-0.39, 0.29) is 11.7 Å². The highest BCUT2D eigenvalue weighted by molar-refractivity contribution is 7.99. The van der Waals surface area contributed by atoms with Crippen LogP contribution in [0.2, 0.25) is 15.1 Å². The number of carbonyl (C=O) groups excluding carboxylic acids is 1. The molecule has 0 aliphatic heterocycles. The lowest BCUT2D eigenvalue weighted by Crippen LogP contribution is -2.16. The Hall–Kier alpha value is -1.15. The van der Waals surface area contributed by atoms with E-state index in [2.05, 4.69) is 15.5 Å². The predicted molar refractivity (Wildman–Crippen MR) is 81.0 cm³/mol. The van der Waals surface area contributed by atoms with Gasteiger partial charge in [-0.2, -0.15) is 0 Å². The lowest BCUT2D eigenvalue weighted by molar-refractivity contribution is -0.113. The topological polar surface area (TPSA) is 85.8 Å². The number of aromatic nitrogens is 3. The van der Waals surface area contributed by atoms with Crippen molar-refractivity contribution >= 4 is 58.2 Å². The molecule has 6 nitrogen and oxygen atoms in total. The van der Waals surface area contributed by atoms with Gasteiger partial charge in [-0.1, -0.05) is 46.6 Å². The number of nitrogens with zero attached hydrogens (tertiary/aromatic N) is 3. The second-order valence-corrected chi connectivity index (χ2v) is 5.77. The highest BCUT2D eigenvalue weighted by Gasteiger charge is 2.11. The van der Waals surface area contributed by atoms with E-state index in [0.717, 1.165) is 11.8 Å². The molecule has 0 aliphatic rings. The normalized spacial score (nSPS) is 10.6. The number of hydrogen-bond donors (Lipinski definition) is 2. The van der Waals surface area contributed by atoms with Gasteiger partial charge in [-0.25, -0.2) is 4.68 Å². The van der Waals surface area contributed by atoms with Crippen molar-refractivity contribution in [3.05, 3.63) is 33.5 Å². The number of nitrogen functional groups attached to an aromatic ring is 1. The minimum absolute atomic E-state index is 0.104. The van der Waals surface area contributed by atoms with Gasteiger partial charge >= 0.3 is 0 Å². The third-order valence-electron chi connectivity index (χ3n) is 2.16. The summed E-state index contributed by atoms with van der Waals surface area (Å²) in [5, 5.41) is 11.3. The monoisotopic (exact) mass is 351 g/mol. The van der Waals surface area contributed by atoms with Crippen LogP contribution >= 0.6 is 46.6 Å². The minimum atomic E-state index is -0.279. The second-order valence-electron chi connectivity index (χ2n) is 3.60. The first kappa shape index (κ1) is 15.2. The molecule has 0 radical (unpaired) electrons. The van der Waals surface area contributed by atoms with Gasteiger partial charge < -0.3 is 11.2 Å². The largest absolute Gasteiger partial charge is 0.336 e. The van der Waals surface area contributed by atoms with Crippen LogP contribution in [0, 0.1) is 0 Å². The molecule has 1 heterocycles. The van der Waals surface area contributed by atoms with Gasteiger partial charge in [-0.3, -0.25) is 4.79 Å². The fourth-order valence-corrected chi connectivity index (χ4v) is 2.50. The molecule has 0 fully saturated rings. The summed E-state index contributed by atoms with van der Waals surface area (Å²) in [6, 6.07) is 2.95. The highest BCUT2D eigenvalue weighted by Crippen LogP contribution is 2.32. The number of hydrogen-bond acceptors (Lipinski definition) is 5. The predicted octanol–water partition coefficient (Wildman–Crippen LogP) is 2.68. The number of nitrogens with two attached hydrogens (primary N) is 1. The fraction of sp³-hybridized carbons (Fsp3) is 0.100. The molecule has 3 N–H and O–H groups in total. The number of anilines is 1. The molecule has 1 amide bonds. The van der Waals surface area contributed by atoms with Crippen LogP contribution in [0.25, 0.3) is 0 Å². The van der Waals surface area contributed by atoms with E-state index in [1.165, 1.54) is 23.1 Å². The average molecular weight is 353 g/mol. The molecule has 106 valence electrons. The Bertz CT molecular complexity index is 648. The van der Waals surface area contributed by atoms with E-state index in [1.807, 2.05) is 0 Å². The van der Waals surface area contributed by atoms with Crippen LogP contribution in [0.4, 0.5) is 5.69 Å². The van der Waals surface area contributed by atoms with E-state index in [4.69, 9.17) is 40.6 Å². The Morgan fingerprint density at radius 2 is 2.00 bits per heavy atom. The minimum Gasteiger partial charge on any atom is -0.336 e. The molecule has 0 saturated carbocycles. The van der Waals surface area contributed by atoms with Gasteiger partial charge in [-0.15, -0.1) is 10.2 Å². The Labute approximate surface area is 133 Å². The van der Waals surface area contributed by atoms with E-state index in [1.54, 1.807) is 0 Å². The Kier molecular flexibility index (Phi) is 4.98. The average Bonchev–Trinajstić information content (AvgIpc) is 2.79. The molecule has 0 unspecified atom stereocenters. The number of amides is 1. The van der Waals surface area contributed by atoms with Crippen LogP contribution in [-0.4, -0.2) is 26.5 Å². The Morgan fingerprint density at radius 3 is 2.65 bits per heavy atom. The smallest absolute Gasteiger partial charge is 0.234 e. The number of thioether (sulfide) groups is 1. The number of halogens is 3. The van der Waals surface area contributed by atoms with Gasteiger partial charge in [0.15, 0.2) is 0 Å². The summed E-state index contributed by atoms with van der Waals surface area (Å²) in [6.07, 6.45) is 1.34. The summed E-state index contributed by atoms with van der Waals surface area (Å²) in [5.41, 5.74) is 0.390. The fourth-order valence-electron chi connectivity index (χ4n) is 1.27. The SMILES string of the molecule is Nn1cnnc1SCC(=O)Nc1cc(Cl)c(Cl)cc1Cl. The standard InChI is InChI=1S/C10H8Cl3N5OS/c11-5-1-7(13)8(2-6(5)12)16-9(19)3-20-10-17-15-4-18(10)14/h1-2,4H,3,14H2,(H,16,19). The molecule has 2 aromatic rings. The molecule has 10 heteroatoms. The number of rotatable bonds is 4. The zero-order valence-corrected chi connectivity index (χ0v) is 12.9. The zero-order chi connectivity index (χ0) is 14.7. The van der Waals surface area contributed by atoms with Gasteiger partial charge in [-0.05, 0) is 12.1 Å². The van der Waals surface area contributed by atoms with Crippen LogP contribution in [-0.2, 0) is 4.79 Å². The summed E-state index contributed by atoms with van der Waals surface area (Å²) in [4.78, 5) is 11.8. The van der Waals surface area contributed by atoms with Gasteiger partial charge in [0.2, 0.25) is 11.1 Å². The molecule has 2 rings (SSSR count). The summed E-state index contributed by atoms with van der Waals surface area (Å²) in [5.74, 6) is 5.35. The van der Waals surface area contributed by atoms with E-state index in [0.29, 0.717) is 25.9 Å². The van der Waals surface area contributed by atoms with Crippen LogP contribution in [0.15, 0.2) is 23.6 Å². The van der Waals surface area contributed by atoms with Gasteiger partial charge in [0.05, 0.1) is 26.5 Å². The van der Waals surface area contributed by atoms with Crippen molar-refractivity contribution in [2.75, 3.05) is 16.9 Å². The third kappa shape index (κ3) is 3.69. The molecular weight excluding hydrogens is 345 g/mol. The van der Waals surface area contributed by atoms with Crippen LogP contribution in [0.5, 0.6) is 0 Å². The van der Waals surface area contributed by atoms with Gasteiger partial charge in [0.1, 0.15) is 6.33 Å². The molecule has 0 saturated heterocycles. The van der Waals surface area contributed by atoms with Crippen LogP contribution in [0.1, 0.15) is 0 Å². The van der Waals surface area contributed by atoms with E-state index < -0.39 is 0 Å². The first-order valence-corrected chi connectivity index (χ1v) is 7.31. The first-order valence-electron chi connectivity index (χ1n) is 5.19. The number of carbonyl (C=O) groups is 1. The molecule has 0 bridgehead atoms. The maximum absolute atomic E-state index is 11.8.